The van der Waals surface area contributed by atoms with E-state index < -0.39 is 6.09 Å². The Labute approximate surface area is 163 Å². The Morgan fingerprint density at radius 2 is 2.00 bits per heavy atom. The number of imidazole rings is 1. The van der Waals surface area contributed by atoms with Crippen LogP contribution in [0.5, 0.6) is 0 Å². The molecule has 1 amide bonds. The van der Waals surface area contributed by atoms with Crippen LogP contribution in [-0.4, -0.2) is 52.2 Å². The number of methoxy groups -OCH3 is 1. The highest BCUT2D eigenvalue weighted by Gasteiger charge is 2.27. The number of nitrogens with zero attached hydrogens (tertiary/aromatic N) is 2. The Kier molecular flexibility index (Phi) is 4.83. The van der Waals surface area contributed by atoms with E-state index in [1.54, 1.807) is 0 Å². The van der Waals surface area contributed by atoms with E-state index in [1.165, 1.54) is 24.0 Å². The molecule has 0 bridgehead atoms. The number of nitrogens with one attached hydrogen (secondary N) is 1. The lowest BCUT2D eigenvalue weighted by Crippen LogP contribution is -2.31. The van der Waals surface area contributed by atoms with Crippen LogP contribution in [0.2, 0.25) is 0 Å². The first kappa shape index (κ1) is 18.5. The zero-order valence-electron chi connectivity index (χ0n) is 16.2. The maximum absolute atomic E-state index is 12.2. The van der Waals surface area contributed by atoms with Crippen molar-refractivity contribution in [2.24, 2.45) is 0 Å². The number of benzene rings is 1. The lowest BCUT2D eigenvalue weighted by atomic mass is 9.77. The molecule has 0 saturated heterocycles. The summed E-state index contributed by atoms with van der Waals surface area (Å²) < 4.78 is 4.95. The smallest absolute Gasteiger partial charge is 0.407 e. The fourth-order valence-corrected chi connectivity index (χ4v) is 4.10. The van der Waals surface area contributed by atoms with Gasteiger partial charge >= 0.3 is 12.1 Å². The van der Waals surface area contributed by atoms with E-state index in [9.17, 15) is 14.7 Å². The number of hydrogen-bond donors (Lipinski definition) is 2. The molecule has 2 aliphatic rings. The molecule has 7 heteroatoms. The molecular weight excluding hydrogens is 358 g/mol. The van der Waals surface area contributed by atoms with Gasteiger partial charge in [0.15, 0.2) is 0 Å². The summed E-state index contributed by atoms with van der Waals surface area (Å²) in [6.07, 6.45) is 3.84. The van der Waals surface area contributed by atoms with E-state index in [0.29, 0.717) is 37.4 Å². The minimum atomic E-state index is -0.890. The highest BCUT2D eigenvalue weighted by atomic mass is 16.5. The Morgan fingerprint density at radius 3 is 2.64 bits per heavy atom. The number of carbonyl (C=O) groups excluding carboxylic acids is 1. The highest BCUT2D eigenvalue weighted by molar-refractivity contribution is 5.93. The average Bonchev–Trinajstić information content (AvgIpc) is 2.92. The van der Waals surface area contributed by atoms with Crippen LogP contribution >= 0.6 is 0 Å². The average molecular weight is 383 g/mol. The third kappa shape index (κ3) is 3.25. The monoisotopic (exact) mass is 383 g/mol. The van der Waals surface area contributed by atoms with Gasteiger partial charge in [0, 0.05) is 37.2 Å². The molecule has 0 atom stereocenters. The number of fused-ring (bicyclic) bond motifs is 1. The zero-order chi connectivity index (χ0) is 19.8. The molecule has 7 nitrogen and oxygen atoms in total. The van der Waals surface area contributed by atoms with Gasteiger partial charge in [0.1, 0.15) is 5.82 Å². The summed E-state index contributed by atoms with van der Waals surface area (Å²) in [5.74, 6) is 0.915. The lowest BCUT2D eigenvalue weighted by molar-refractivity contribution is 0.0600. The van der Waals surface area contributed by atoms with E-state index >= 15 is 0 Å². The van der Waals surface area contributed by atoms with Crippen LogP contribution in [0.4, 0.5) is 4.79 Å². The molecule has 1 fully saturated rings. The molecule has 1 aromatic carbocycles. The molecule has 1 aliphatic carbocycles. The minimum Gasteiger partial charge on any atom is -0.465 e. The van der Waals surface area contributed by atoms with Gasteiger partial charge in [-0.25, -0.2) is 14.6 Å². The Hall–Kier alpha value is -2.83. The summed E-state index contributed by atoms with van der Waals surface area (Å²) >= 11 is 0. The van der Waals surface area contributed by atoms with Gasteiger partial charge in [-0.15, -0.1) is 0 Å². The first-order valence-electron chi connectivity index (χ1n) is 9.76. The normalized spacial score (nSPS) is 16.9. The number of carbonyl (C=O) groups is 2. The van der Waals surface area contributed by atoms with Crippen LogP contribution in [0, 0.1) is 6.92 Å². The molecule has 28 heavy (non-hydrogen) atoms. The van der Waals surface area contributed by atoms with Crippen molar-refractivity contribution in [1.82, 2.24) is 14.9 Å². The number of ether oxygens (including phenoxy) is 1. The van der Waals surface area contributed by atoms with E-state index in [0.717, 1.165) is 41.2 Å². The van der Waals surface area contributed by atoms with Gasteiger partial charge in [0.25, 0.3) is 0 Å². The van der Waals surface area contributed by atoms with Crippen LogP contribution < -0.4 is 0 Å². The van der Waals surface area contributed by atoms with Crippen LogP contribution in [0.1, 0.15) is 58.1 Å². The van der Waals surface area contributed by atoms with Gasteiger partial charge in [0.2, 0.25) is 0 Å². The van der Waals surface area contributed by atoms with Gasteiger partial charge in [-0.3, -0.25) is 0 Å². The van der Waals surface area contributed by atoms with Crippen LogP contribution in [0.15, 0.2) is 12.1 Å². The maximum atomic E-state index is 12.2. The van der Waals surface area contributed by atoms with Gasteiger partial charge in [-0.1, -0.05) is 12.5 Å². The first-order chi connectivity index (χ1) is 13.5. The zero-order valence-corrected chi connectivity index (χ0v) is 16.2. The molecule has 4 rings (SSSR count). The molecule has 1 aromatic heterocycles. The van der Waals surface area contributed by atoms with Gasteiger partial charge in [-0.05, 0) is 42.9 Å². The van der Waals surface area contributed by atoms with E-state index in [1.807, 2.05) is 13.0 Å². The van der Waals surface area contributed by atoms with Crippen molar-refractivity contribution < 1.29 is 19.4 Å². The second-order valence-electron chi connectivity index (χ2n) is 7.65. The van der Waals surface area contributed by atoms with Gasteiger partial charge in [-0.2, -0.15) is 0 Å². The van der Waals surface area contributed by atoms with Gasteiger partial charge < -0.3 is 19.7 Å². The van der Waals surface area contributed by atoms with Crippen molar-refractivity contribution in [2.75, 3.05) is 20.2 Å². The molecule has 2 aromatic rings. The molecule has 0 spiro atoms. The number of carboxylic acid groups (broad SMARTS) is 1. The van der Waals surface area contributed by atoms with Crippen molar-refractivity contribution in [1.29, 1.82) is 0 Å². The largest absolute Gasteiger partial charge is 0.465 e. The highest BCUT2D eigenvalue weighted by Crippen LogP contribution is 2.42. The predicted molar refractivity (Wildman–Crippen MR) is 104 cm³/mol. The third-order valence-corrected chi connectivity index (χ3v) is 5.99. The number of esters is 1. The topological polar surface area (TPSA) is 95.5 Å². The van der Waals surface area contributed by atoms with Crippen molar-refractivity contribution in [3.05, 3.63) is 40.2 Å². The summed E-state index contributed by atoms with van der Waals surface area (Å²) in [6.45, 7) is 2.85. The van der Waals surface area contributed by atoms with E-state index in [2.05, 4.69) is 11.1 Å². The minimum absolute atomic E-state index is 0.343. The molecule has 0 radical (unpaired) electrons. The molecular formula is C21H25N3O4. The summed E-state index contributed by atoms with van der Waals surface area (Å²) in [6, 6.07) is 4.00. The summed E-state index contributed by atoms with van der Waals surface area (Å²) in [5, 5.41) is 9.23. The second-order valence-corrected chi connectivity index (χ2v) is 7.65. The van der Waals surface area contributed by atoms with Crippen LogP contribution in [-0.2, 0) is 17.6 Å². The third-order valence-electron chi connectivity index (χ3n) is 5.99. The predicted octanol–water partition coefficient (Wildman–Crippen LogP) is 3.52. The van der Waals surface area contributed by atoms with Crippen molar-refractivity contribution in [3.8, 4) is 11.4 Å². The van der Waals surface area contributed by atoms with Crippen molar-refractivity contribution >= 4 is 12.1 Å². The lowest BCUT2D eigenvalue weighted by Gasteiger charge is -2.28. The quantitative estimate of drug-likeness (QED) is 0.791. The number of aromatic nitrogens is 2. The SMILES string of the molecule is COC(=O)c1cc(-c2nc3c([nH]2)CCN(C(=O)O)CC3)c(C2CCC2)cc1C. The van der Waals surface area contributed by atoms with E-state index in [-0.39, 0.29) is 5.97 Å². The second kappa shape index (κ2) is 7.30. The standard InChI is InChI=1S/C21H25N3O4/c1-12-10-15(13-4-3-5-13)16(11-14(12)20(25)28-2)19-22-17-6-8-24(21(26)27)9-7-18(17)23-19/h10-11,13H,3-9H2,1-2H3,(H,22,23)(H,26,27). The van der Waals surface area contributed by atoms with Crippen LogP contribution in [0.25, 0.3) is 11.4 Å². The Bertz CT molecular complexity index is 904. The fourth-order valence-electron chi connectivity index (χ4n) is 4.10. The molecule has 2 heterocycles. The molecule has 148 valence electrons. The summed E-state index contributed by atoms with van der Waals surface area (Å²) in [7, 11) is 1.39. The number of aromatic amines is 1. The summed E-state index contributed by atoms with van der Waals surface area (Å²) in [5.41, 5.74) is 5.57. The maximum Gasteiger partial charge on any atom is 0.407 e. The Balaban J connectivity index is 1.74. The molecule has 0 unspecified atom stereocenters. The fraction of sp³-hybridized carbons (Fsp3) is 0.476. The Morgan fingerprint density at radius 1 is 1.25 bits per heavy atom. The van der Waals surface area contributed by atoms with E-state index in [4.69, 9.17) is 9.72 Å². The number of hydrogen-bond acceptors (Lipinski definition) is 4. The van der Waals surface area contributed by atoms with Crippen molar-refractivity contribution in [2.45, 2.75) is 44.9 Å². The first-order valence-corrected chi connectivity index (χ1v) is 9.76. The number of amides is 1. The molecule has 1 saturated carbocycles. The molecule has 1 aliphatic heterocycles. The van der Waals surface area contributed by atoms with Crippen molar-refractivity contribution in [3.63, 3.8) is 0 Å². The summed E-state index contributed by atoms with van der Waals surface area (Å²) in [4.78, 5) is 33.1. The van der Waals surface area contributed by atoms with Crippen LogP contribution in [0.3, 0.4) is 0 Å². The number of rotatable bonds is 3. The van der Waals surface area contributed by atoms with Gasteiger partial charge in [0.05, 0.1) is 18.4 Å². The molecule has 2 N–H and O–H groups in total. The number of H-pyrrole nitrogens is 1. The number of aryl methyl sites for hydroxylation is 1.